The molecule has 2 aromatic heterocycles. The molecule has 2 aromatic carbocycles. The molecular weight excluding hydrogens is 869 g/mol. The Bertz CT molecular complexity index is 2470. The van der Waals surface area contributed by atoms with Crippen LogP contribution in [0.4, 0.5) is 11.4 Å². The number of carbonyl (C=O) groups excluding carboxylic acids is 4. The van der Waals surface area contributed by atoms with Crippen molar-refractivity contribution in [1.29, 1.82) is 0 Å². The minimum Gasteiger partial charge on any atom is -0.462 e. The first kappa shape index (κ1) is 49.6. The molecule has 2 fully saturated rings. The van der Waals surface area contributed by atoms with E-state index in [-0.39, 0.29) is 59.7 Å². The van der Waals surface area contributed by atoms with Gasteiger partial charge in [0, 0.05) is 49.0 Å². The summed E-state index contributed by atoms with van der Waals surface area (Å²) in [5.41, 5.74) is -3.53. The maximum atomic E-state index is 12.9. The number of rotatable bonds is 16. The molecule has 2 aliphatic rings. The van der Waals surface area contributed by atoms with Gasteiger partial charge in [0.15, 0.2) is 0 Å². The molecule has 0 radical (unpaired) electrons. The van der Waals surface area contributed by atoms with Gasteiger partial charge in [-0.05, 0) is 90.8 Å². The number of anilines is 2. The summed E-state index contributed by atoms with van der Waals surface area (Å²) >= 11 is 0. The molecule has 4 aromatic rings. The summed E-state index contributed by atoms with van der Waals surface area (Å²) in [5, 5.41) is 47.8. The van der Waals surface area contributed by atoms with Crippen molar-refractivity contribution < 1.29 is 76.9 Å². The minimum atomic E-state index is -1.46. The molecule has 8 atom stereocenters. The Labute approximate surface area is 377 Å². The smallest absolute Gasteiger partial charge is 0.360 e. The van der Waals surface area contributed by atoms with Crippen LogP contribution in [0, 0.1) is 13.8 Å². The lowest BCUT2D eigenvalue weighted by molar-refractivity contribution is -0.306. The Morgan fingerprint density at radius 3 is 1.33 bits per heavy atom. The molecule has 0 spiro atoms. The van der Waals surface area contributed by atoms with E-state index < -0.39 is 95.0 Å². The molecule has 20 nitrogen and oxygen atoms in total. The van der Waals surface area contributed by atoms with Crippen LogP contribution in [0.3, 0.4) is 0 Å². The van der Waals surface area contributed by atoms with Crippen LogP contribution in [0.25, 0.3) is 21.9 Å². The second-order valence-corrected chi connectivity index (χ2v) is 17.1. The van der Waals surface area contributed by atoms with Crippen molar-refractivity contribution in [3.05, 3.63) is 80.5 Å². The van der Waals surface area contributed by atoms with Crippen molar-refractivity contribution in [3.63, 3.8) is 0 Å². The second-order valence-electron chi connectivity index (χ2n) is 17.1. The number of aryl methyl sites for hydroxylation is 2. The van der Waals surface area contributed by atoms with Gasteiger partial charge in [0.2, 0.25) is 24.1 Å². The topological polar surface area (TPSA) is 289 Å². The third-order valence-electron chi connectivity index (χ3n) is 11.5. The monoisotopic (exact) mass is 922 g/mol. The fourth-order valence-corrected chi connectivity index (χ4v) is 7.98. The van der Waals surface area contributed by atoms with E-state index >= 15 is 0 Å². The maximum absolute atomic E-state index is 12.9. The molecule has 0 unspecified atom stereocenters. The molecule has 0 saturated carbocycles. The van der Waals surface area contributed by atoms with Crippen LogP contribution in [-0.4, -0.2) is 118 Å². The van der Waals surface area contributed by atoms with Gasteiger partial charge in [-0.3, -0.25) is 19.2 Å². The van der Waals surface area contributed by atoms with Gasteiger partial charge in [0.1, 0.15) is 70.7 Å². The van der Waals surface area contributed by atoms with Crippen LogP contribution in [0.1, 0.15) is 64.5 Å². The normalized spacial score (nSPS) is 24.8. The number of carbonyl (C=O) groups is 4. The van der Waals surface area contributed by atoms with Crippen LogP contribution in [0.15, 0.2) is 67.0 Å². The summed E-state index contributed by atoms with van der Waals surface area (Å²) in [6.45, 7) is 9.91. The third-order valence-corrected chi connectivity index (χ3v) is 11.5. The predicted molar refractivity (Wildman–Crippen MR) is 234 cm³/mol. The number of Topliss-reactive ketones (excluding diaryl/α,β-unsaturated/α-hetero) is 2. The number of hydrogen-bond donors (Lipinski definition) is 6. The summed E-state index contributed by atoms with van der Waals surface area (Å²) in [5.74, 6) is -3.40. The van der Waals surface area contributed by atoms with Gasteiger partial charge >= 0.3 is 11.3 Å². The van der Waals surface area contributed by atoms with E-state index in [0.29, 0.717) is 21.9 Å². The molecule has 0 bridgehead atoms. The van der Waals surface area contributed by atoms with Crippen molar-refractivity contribution in [3.8, 4) is 11.5 Å². The van der Waals surface area contributed by atoms with Gasteiger partial charge in [-0.2, -0.15) is 0 Å². The van der Waals surface area contributed by atoms with E-state index in [1.807, 2.05) is 0 Å². The number of ether oxygens (including phenoxy) is 6. The largest absolute Gasteiger partial charge is 0.462 e. The third kappa shape index (κ3) is 10.4. The molecule has 4 heterocycles. The maximum Gasteiger partial charge on any atom is 0.360 e. The van der Waals surface area contributed by atoms with Crippen LogP contribution in [-0.2, 0) is 38.1 Å². The number of hydrogen-bond acceptors (Lipinski definition) is 18. The first-order valence-electron chi connectivity index (χ1n) is 21.0. The zero-order valence-corrected chi connectivity index (χ0v) is 37.6. The number of nitrogens with one attached hydrogen (secondary N) is 2. The molecule has 20 heteroatoms. The molecule has 6 rings (SSSR count). The highest BCUT2D eigenvalue weighted by Gasteiger charge is 2.52. The van der Waals surface area contributed by atoms with E-state index in [4.69, 9.17) is 37.3 Å². The molecule has 6 N–H and O–H groups in total. The molecule has 2 amide bonds. The lowest BCUT2D eigenvalue weighted by Crippen LogP contribution is -2.63. The Balaban J connectivity index is 0.967. The van der Waals surface area contributed by atoms with Gasteiger partial charge in [-0.15, -0.1) is 0 Å². The number of benzene rings is 2. The van der Waals surface area contributed by atoms with Crippen molar-refractivity contribution >= 4 is 56.7 Å². The van der Waals surface area contributed by atoms with E-state index in [2.05, 4.69) is 10.6 Å². The van der Waals surface area contributed by atoms with Crippen LogP contribution in [0.2, 0.25) is 0 Å². The van der Waals surface area contributed by atoms with E-state index in [1.54, 1.807) is 53.7 Å². The van der Waals surface area contributed by atoms with Gasteiger partial charge < -0.3 is 68.3 Å². The number of amides is 2. The number of fused-ring (bicyclic) bond motifs is 2. The summed E-state index contributed by atoms with van der Waals surface area (Å²) in [6.07, 6.45) is -6.93. The fourth-order valence-electron chi connectivity index (χ4n) is 7.98. The molecule has 2 saturated heterocycles. The van der Waals surface area contributed by atoms with Gasteiger partial charge in [-0.25, -0.2) is 9.59 Å². The number of aliphatic hydroxyl groups is 4. The molecule has 0 aliphatic carbocycles. The number of aliphatic hydroxyl groups excluding tert-OH is 4. The Hall–Kier alpha value is -5.84. The van der Waals surface area contributed by atoms with Gasteiger partial charge in [-0.1, -0.05) is 12.2 Å². The highest BCUT2D eigenvalue weighted by atomic mass is 16.7. The Morgan fingerprint density at radius 1 is 0.621 bits per heavy atom. The predicted octanol–water partition coefficient (Wildman–Crippen LogP) is 2.85. The van der Waals surface area contributed by atoms with Crippen molar-refractivity contribution in [2.24, 2.45) is 0 Å². The number of methoxy groups -OCH3 is 2. The SMILES string of the molecule is CO[C@@H]1[C@@H](O)[C@@H](O)[C@H](Oc2ccc3cc(NC(=O)C(=O)CC/C=C\CCC(=O)C(=O)Nc4cc5ccc(O[C@@H]6OC(C)(C)[C@H](OC)[C@@H](O)[C@H]6O)c(C)c5oc4=O)c(=O)oc3c2C)OC1(C)C. The first-order chi connectivity index (χ1) is 31.1. The van der Waals surface area contributed by atoms with Crippen molar-refractivity contribution in [1.82, 2.24) is 0 Å². The molecule has 66 heavy (non-hydrogen) atoms. The first-order valence-corrected chi connectivity index (χ1v) is 21.0. The average Bonchev–Trinajstić information content (AvgIpc) is 3.25. The summed E-state index contributed by atoms with van der Waals surface area (Å²) in [4.78, 5) is 76.3. The molecule has 2 aliphatic heterocycles. The highest BCUT2D eigenvalue weighted by molar-refractivity contribution is 6.41. The summed E-state index contributed by atoms with van der Waals surface area (Å²) in [6, 6.07) is 8.81. The molecular formula is C46H54N2O18. The Morgan fingerprint density at radius 2 is 0.985 bits per heavy atom. The fraction of sp³-hybridized carbons (Fsp3) is 0.478. The summed E-state index contributed by atoms with van der Waals surface area (Å²) < 4.78 is 45.1. The van der Waals surface area contributed by atoms with E-state index in [9.17, 15) is 49.2 Å². The quantitative estimate of drug-likeness (QED) is 0.0535. The average molecular weight is 923 g/mol. The zero-order valence-electron chi connectivity index (χ0n) is 37.6. The molecule has 356 valence electrons. The standard InChI is InChI=1S/C46H54N2O18/c1-21-29(61-43-33(53)31(51)37(59-7)45(3,4)65-43)17-15-23-19-25(41(57)63-35(21)23)47-39(55)27(49)13-11-9-10-12-14-28(50)40(56)48-26-20-24-16-18-30(22(2)36(24)64-42(26)58)62-44-34(54)32(52)38(60-8)46(5,6)66-44/h9-10,15-20,31-34,37-38,43-44,51-54H,11-14H2,1-8H3,(H,47,55)(H,48,56)/b10-9-/t31-,32-,33+,34+,37+,38+,43+,44+/m0/s1. The lowest BCUT2D eigenvalue weighted by Gasteiger charge is -2.46. The van der Waals surface area contributed by atoms with Crippen LogP contribution in [0.5, 0.6) is 11.5 Å². The number of ketones is 2. The minimum absolute atomic E-state index is 0.105. The van der Waals surface area contributed by atoms with Gasteiger partial charge in [0.05, 0.1) is 11.2 Å². The highest BCUT2D eigenvalue weighted by Crippen LogP contribution is 2.37. The van der Waals surface area contributed by atoms with Crippen molar-refractivity contribution in [2.75, 3.05) is 24.9 Å². The van der Waals surface area contributed by atoms with E-state index in [0.717, 1.165) is 0 Å². The Kier molecular flexibility index (Phi) is 15.0. The zero-order chi connectivity index (χ0) is 48.4. The van der Waals surface area contributed by atoms with Crippen LogP contribution >= 0.6 is 0 Å². The lowest BCUT2D eigenvalue weighted by atomic mass is 9.89. The van der Waals surface area contributed by atoms with Crippen molar-refractivity contribution in [2.45, 2.75) is 128 Å². The summed E-state index contributed by atoms with van der Waals surface area (Å²) in [7, 11) is 2.78. The van der Waals surface area contributed by atoms with Gasteiger partial charge in [0.25, 0.3) is 11.8 Å². The van der Waals surface area contributed by atoms with E-state index in [1.165, 1.54) is 50.6 Å². The second kappa shape index (κ2) is 19.9. The number of allylic oxidation sites excluding steroid dienone is 2. The van der Waals surface area contributed by atoms with Crippen LogP contribution < -0.4 is 31.4 Å².